The molecule has 0 aromatic carbocycles. The van der Waals surface area contributed by atoms with Crippen LogP contribution in [0.3, 0.4) is 0 Å². The highest BCUT2D eigenvalue weighted by Gasteiger charge is 2.03. The minimum absolute atomic E-state index is 0.503. The zero-order chi connectivity index (χ0) is 8.55. The molecule has 0 bridgehead atoms. The first-order valence-electron chi connectivity index (χ1n) is 3.85. The lowest BCUT2D eigenvalue weighted by Crippen LogP contribution is -1.88. The third kappa shape index (κ3) is 1.18. The lowest BCUT2D eigenvalue weighted by molar-refractivity contribution is 0.861. The maximum absolute atomic E-state index is 4.20. The average Bonchev–Trinajstić information content (AvgIpc) is 2.49. The van der Waals surface area contributed by atoms with E-state index in [1.165, 1.54) is 17.3 Å². The van der Waals surface area contributed by atoms with Gasteiger partial charge in [-0.15, -0.1) is 0 Å². The standard InChI is InChI=1S/C8H9N3S/c1-5(2)6-3-7-8(9-4-6)11-12-10-7/h3-5H,1-2H3. The highest BCUT2D eigenvalue weighted by atomic mass is 32.1. The van der Waals surface area contributed by atoms with Gasteiger partial charge in [-0.2, -0.15) is 8.75 Å². The molecule has 0 aliphatic carbocycles. The molecular weight excluding hydrogens is 170 g/mol. The molecule has 0 N–H and O–H groups in total. The van der Waals surface area contributed by atoms with Crippen molar-refractivity contribution in [3.63, 3.8) is 0 Å². The molecule has 0 spiro atoms. The Morgan fingerprint density at radius 1 is 1.33 bits per heavy atom. The van der Waals surface area contributed by atoms with Crippen molar-refractivity contribution in [2.45, 2.75) is 19.8 Å². The summed E-state index contributed by atoms with van der Waals surface area (Å²) in [5.41, 5.74) is 2.88. The highest BCUT2D eigenvalue weighted by Crippen LogP contribution is 2.17. The molecule has 2 heterocycles. The van der Waals surface area contributed by atoms with E-state index in [0.717, 1.165) is 11.2 Å². The topological polar surface area (TPSA) is 38.7 Å². The first-order chi connectivity index (χ1) is 5.77. The Kier molecular flexibility index (Phi) is 1.77. The maximum Gasteiger partial charge on any atom is 0.193 e. The van der Waals surface area contributed by atoms with Crippen LogP contribution < -0.4 is 0 Å². The van der Waals surface area contributed by atoms with Crippen LogP contribution in [0.1, 0.15) is 25.3 Å². The average molecular weight is 179 g/mol. The van der Waals surface area contributed by atoms with Gasteiger partial charge in [-0.25, -0.2) is 4.98 Å². The van der Waals surface area contributed by atoms with Crippen molar-refractivity contribution < 1.29 is 0 Å². The number of fused-ring (bicyclic) bond motifs is 1. The minimum Gasteiger partial charge on any atom is -0.234 e. The van der Waals surface area contributed by atoms with Crippen molar-refractivity contribution >= 4 is 22.9 Å². The molecule has 0 amide bonds. The van der Waals surface area contributed by atoms with Crippen LogP contribution in [0.4, 0.5) is 0 Å². The Balaban J connectivity index is 2.60. The highest BCUT2D eigenvalue weighted by molar-refractivity contribution is 7.00. The molecule has 2 aromatic rings. The Hall–Kier alpha value is -1.03. The second kappa shape index (κ2) is 2.79. The van der Waals surface area contributed by atoms with Crippen LogP contribution in [0.15, 0.2) is 12.3 Å². The van der Waals surface area contributed by atoms with E-state index in [1.54, 1.807) is 0 Å². The molecule has 4 heteroatoms. The number of pyridine rings is 1. The number of nitrogens with zero attached hydrogens (tertiary/aromatic N) is 3. The van der Waals surface area contributed by atoms with E-state index >= 15 is 0 Å². The van der Waals surface area contributed by atoms with Gasteiger partial charge in [0.05, 0.1) is 11.7 Å². The maximum atomic E-state index is 4.20. The van der Waals surface area contributed by atoms with Crippen LogP contribution in [0.25, 0.3) is 11.2 Å². The lowest BCUT2D eigenvalue weighted by Gasteiger charge is -2.01. The molecule has 2 rings (SSSR count). The van der Waals surface area contributed by atoms with Gasteiger partial charge in [0.1, 0.15) is 5.52 Å². The second-order valence-corrected chi connectivity index (χ2v) is 3.56. The summed E-state index contributed by atoms with van der Waals surface area (Å²) in [5.74, 6) is 0.503. The fraction of sp³-hybridized carbons (Fsp3) is 0.375. The fourth-order valence-electron chi connectivity index (χ4n) is 1.02. The first-order valence-corrected chi connectivity index (χ1v) is 4.58. The quantitative estimate of drug-likeness (QED) is 0.673. The third-order valence-corrected chi connectivity index (χ3v) is 2.33. The predicted octanol–water partition coefficient (Wildman–Crippen LogP) is 2.21. The van der Waals surface area contributed by atoms with Crippen molar-refractivity contribution in [3.8, 4) is 0 Å². The van der Waals surface area contributed by atoms with Crippen LogP contribution in [0, 0.1) is 0 Å². The third-order valence-electron chi connectivity index (χ3n) is 1.80. The number of hydrogen-bond donors (Lipinski definition) is 0. The van der Waals surface area contributed by atoms with Gasteiger partial charge in [-0.3, -0.25) is 0 Å². The SMILES string of the molecule is CC(C)c1cnc2nsnc2c1. The van der Waals surface area contributed by atoms with Gasteiger partial charge in [0.25, 0.3) is 0 Å². The monoisotopic (exact) mass is 179 g/mol. The summed E-state index contributed by atoms with van der Waals surface area (Å²) in [6.45, 7) is 4.28. The molecular formula is C8H9N3S. The molecule has 62 valence electrons. The Bertz CT molecular complexity index is 394. The van der Waals surface area contributed by atoms with Crippen molar-refractivity contribution in [1.29, 1.82) is 0 Å². The molecule has 0 aliphatic heterocycles. The Morgan fingerprint density at radius 2 is 2.17 bits per heavy atom. The zero-order valence-corrected chi connectivity index (χ0v) is 7.80. The summed E-state index contributed by atoms with van der Waals surface area (Å²) in [4.78, 5) is 4.20. The summed E-state index contributed by atoms with van der Waals surface area (Å²) in [6, 6.07) is 2.05. The van der Waals surface area contributed by atoms with E-state index in [-0.39, 0.29) is 0 Å². The molecule has 0 fully saturated rings. The van der Waals surface area contributed by atoms with Gasteiger partial charge in [-0.05, 0) is 17.5 Å². The molecule has 0 saturated carbocycles. The van der Waals surface area contributed by atoms with Gasteiger partial charge in [-0.1, -0.05) is 13.8 Å². The van der Waals surface area contributed by atoms with E-state index in [2.05, 4.69) is 33.6 Å². The summed E-state index contributed by atoms with van der Waals surface area (Å²) in [5, 5.41) is 0. The van der Waals surface area contributed by atoms with Crippen LogP contribution in [-0.2, 0) is 0 Å². The molecule has 3 nitrogen and oxygen atoms in total. The van der Waals surface area contributed by atoms with Crippen LogP contribution >= 0.6 is 11.7 Å². The van der Waals surface area contributed by atoms with E-state index in [9.17, 15) is 0 Å². The molecule has 0 unspecified atom stereocenters. The predicted molar refractivity (Wildman–Crippen MR) is 49.3 cm³/mol. The molecule has 0 radical (unpaired) electrons. The van der Waals surface area contributed by atoms with Crippen molar-refractivity contribution in [3.05, 3.63) is 17.8 Å². The van der Waals surface area contributed by atoms with Crippen molar-refractivity contribution in [2.24, 2.45) is 0 Å². The van der Waals surface area contributed by atoms with Gasteiger partial charge in [0.15, 0.2) is 5.65 Å². The summed E-state index contributed by atoms with van der Waals surface area (Å²) < 4.78 is 8.17. The van der Waals surface area contributed by atoms with Crippen molar-refractivity contribution in [1.82, 2.24) is 13.7 Å². The molecule has 0 aliphatic rings. The van der Waals surface area contributed by atoms with E-state index in [4.69, 9.17) is 0 Å². The normalized spacial score (nSPS) is 11.2. The smallest absolute Gasteiger partial charge is 0.193 e. The van der Waals surface area contributed by atoms with E-state index in [1.807, 2.05) is 6.20 Å². The zero-order valence-electron chi connectivity index (χ0n) is 6.98. The number of aromatic nitrogens is 3. The lowest BCUT2D eigenvalue weighted by atomic mass is 10.1. The van der Waals surface area contributed by atoms with Gasteiger partial charge >= 0.3 is 0 Å². The first kappa shape index (κ1) is 7.61. The molecule has 12 heavy (non-hydrogen) atoms. The van der Waals surface area contributed by atoms with Crippen molar-refractivity contribution in [2.75, 3.05) is 0 Å². The van der Waals surface area contributed by atoms with Crippen LogP contribution in [0.2, 0.25) is 0 Å². The summed E-state index contributed by atoms with van der Waals surface area (Å²) in [6.07, 6.45) is 1.87. The van der Waals surface area contributed by atoms with Crippen LogP contribution in [-0.4, -0.2) is 13.7 Å². The van der Waals surface area contributed by atoms with Gasteiger partial charge in [0.2, 0.25) is 0 Å². The number of rotatable bonds is 1. The Morgan fingerprint density at radius 3 is 2.92 bits per heavy atom. The van der Waals surface area contributed by atoms with E-state index < -0.39 is 0 Å². The molecule has 0 saturated heterocycles. The Labute approximate surface area is 74.8 Å². The fourth-order valence-corrected chi connectivity index (χ4v) is 1.50. The summed E-state index contributed by atoms with van der Waals surface area (Å²) in [7, 11) is 0. The summed E-state index contributed by atoms with van der Waals surface area (Å²) >= 11 is 1.21. The second-order valence-electron chi connectivity index (χ2n) is 3.03. The van der Waals surface area contributed by atoms with Gasteiger partial charge < -0.3 is 0 Å². The van der Waals surface area contributed by atoms with Crippen LogP contribution in [0.5, 0.6) is 0 Å². The number of hydrogen-bond acceptors (Lipinski definition) is 4. The minimum atomic E-state index is 0.503. The molecule has 0 atom stereocenters. The largest absolute Gasteiger partial charge is 0.234 e. The van der Waals surface area contributed by atoms with E-state index in [0.29, 0.717) is 5.92 Å². The molecule has 2 aromatic heterocycles. The van der Waals surface area contributed by atoms with Gasteiger partial charge in [0, 0.05) is 6.20 Å².